The van der Waals surface area contributed by atoms with Gasteiger partial charge in [0.05, 0.1) is 11.4 Å². The number of rotatable bonds is 4. The van der Waals surface area contributed by atoms with Crippen molar-refractivity contribution in [2.45, 2.75) is 27.0 Å². The molecule has 0 saturated heterocycles. The molecule has 90 valence electrons. The van der Waals surface area contributed by atoms with Crippen LogP contribution in [-0.2, 0) is 13.2 Å². The van der Waals surface area contributed by atoms with Gasteiger partial charge in [-0.3, -0.25) is 4.68 Å². The van der Waals surface area contributed by atoms with E-state index in [9.17, 15) is 0 Å². The van der Waals surface area contributed by atoms with E-state index in [0.717, 1.165) is 28.2 Å². The molecular weight excluding hydrogens is 280 g/mol. The Bertz CT molecular complexity index is 508. The highest BCUT2D eigenvalue weighted by molar-refractivity contribution is 9.10. The van der Waals surface area contributed by atoms with Gasteiger partial charge in [-0.2, -0.15) is 5.10 Å². The second kappa shape index (κ2) is 5.36. The first-order valence-electron chi connectivity index (χ1n) is 5.60. The maximum atomic E-state index is 5.74. The summed E-state index contributed by atoms with van der Waals surface area (Å²) < 4.78 is 8.73. The lowest BCUT2D eigenvalue weighted by molar-refractivity contribution is 0.292. The number of halogens is 1. The van der Waals surface area contributed by atoms with E-state index in [1.54, 1.807) is 0 Å². The van der Waals surface area contributed by atoms with Gasteiger partial charge in [-0.25, -0.2) is 0 Å². The summed E-state index contributed by atoms with van der Waals surface area (Å²) in [5.74, 6) is 0.862. The van der Waals surface area contributed by atoms with Crippen LogP contribution in [0.3, 0.4) is 0 Å². The van der Waals surface area contributed by atoms with Gasteiger partial charge in [-0.1, -0.05) is 22.0 Å². The fourth-order valence-electron chi connectivity index (χ4n) is 1.70. The molecule has 2 aromatic rings. The molecule has 4 heteroatoms. The van der Waals surface area contributed by atoms with Crippen molar-refractivity contribution < 1.29 is 4.74 Å². The van der Waals surface area contributed by atoms with Crippen LogP contribution in [0.4, 0.5) is 0 Å². The van der Waals surface area contributed by atoms with Gasteiger partial charge in [0.2, 0.25) is 0 Å². The van der Waals surface area contributed by atoms with Gasteiger partial charge >= 0.3 is 0 Å². The zero-order chi connectivity index (χ0) is 12.3. The lowest BCUT2D eigenvalue weighted by Gasteiger charge is -2.07. The Morgan fingerprint density at radius 2 is 2.18 bits per heavy atom. The quantitative estimate of drug-likeness (QED) is 0.862. The molecular formula is C13H15BrN2O. The van der Waals surface area contributed by atoms with E-state index < -0.39 is 0 Å². The Kier molecular flexibility index (Phi) is 3.84. The molecule has 0 saturated carbocycles. The highest BCUT2D eigenvalue weighted by atomic mass is 79.9. The van der Waals surface area contributed by atoms with E-state index in [2.05, 4.69) is 34.0 Å². The van der Waals surface area contributed by atoms with Crippen LogP contribution < -0.4 is 4.74 Å². The maximum Gasteiger partial charge on any atom is 0.130 e. The van der Waals surface area contributed by atoms with E-state index in [4.69, 9.17) is 4.74 Å². The predicted octanol–water partition coefficient (Wildman–Crippen LogP) is 3.55. The molecule has 0 atom stereocenters. The fourth-order valence-corrected chi connectivity index (χ4v) is 2.08. The molecule has 17 heavy (non-hydrogen) atoms. The van der Waals surface area contributed by atoms with Gasteiger partial charge in [0, 0.05) is 11.0 Å². The topological polar surface area (TPSA) is 27.1 Å². The summed E-state index contributed by atoms with van der Waals surface area (Å²) in [6.07, 6.45) is 0. The second-order valence-electron chi connectivity index (χ2n) is 3.84. The van der Waals surface area contributed by atoms with Crippen LogP contribution in [0, 0.1) is 6.92 Å². The molecule has 0 fully saturated rings. The van der Waals surface area contributed by atoms with Crippen LogP contribution in [0.25, 0.3) is 0 Å². The number of benzene rings is 1. The zero-order valence-corrected chi connectivity index (χ0v) is 11.6. The Labute approximate surface area is 110 Å². The summed E-state index contributed by atoms with van der Waals surface area (Å²) in [5, 5.41) is 4.39. The molecule has 0 aliphatic carbocycles. The lowest BCUT2D eigenvalue weighted by Crippen LogP contribution is -2.06. The van der Waals surface area contributed by atoms with E-state index in [1.165, 1.54) is 0 Å². The molecule has 0 N–H and O–H groups in total. The zero-order valence-electron chi connectivity index (χ0n) is 9.98. The molecule has 0 aliphatic rings. The van der Waals surface area contributed by atoms with Crippen LogP contribution >= 0.6 is 15.9 Å². The van der Waals surface area contributed by atoms with Gasteiger partial charge in [0.25, 0.3) is 0 Å². The molecule has 1 heterocycles. The van der Waals surface area contributed by atoms with Crippen molar-refractivity contribution in [1.29, 1.82) is 0 Å². The normalized spacial score (nSPS) is 10.5. The molecule has 0 spiro atoms. The average molecular weight is 295 g/mol. The smallest absolute Gasteiger partial charge is 0.130 e. The molecule has 3 nitrogen and oxygen atoms in total. The van der Waals surface area contributed by atoms with Crippen molar-refractivity contribution in [3.8, 4) is 5.75 Å². The van der Waals surface area contributed by atoms with Crippen LogP contribution in [0.5, 0.6) is 5.75 Å². The predicted molar refractivity (Wildman–Crippen MR) is 71.1 cm³/mol. The summed E-state index contributed by atoms with van der Waals surface area (Å²) in [7, 11) is 0. The van der Waals surface area contributed by atoms with Gasteiger partial charge in [0.1, 0.15) is 12.4 Å². The second-order valence-corrected chi connectivity index (χ2v) is 4.75. The summed E-state index contributed by atoms with van der Waals surface area (Å²) in [6.45, 7) is 5.49. The van der Waals surface area contributed by atoms with Crippen LogP contribution in [-0.4, -0.2) is 9.78 Å². The van der Waals surface area contributed by atoms with Crippen molar-refractivity contribution in [2.75, 3.05) is 0 Å². The first-order valence-corrected chi connectivity index (χ1v) is 6.40. The third-order valence-electron chi connectivity index (χ3n) is 2.47. The number of hydrogen-bond acceptors (Lipinski definition) is 2. The highest BCUT2D eigenvalue weighted by Gasteiger charge is 2.04. The van der Waals surface area contributed by atoms with Crippen molar-refractivity contribution >= 4 is 15.9 Å². The third-order valence-corrected chi connectivity index (χ3v) is 2.96. The van der Waals surface area contributed by atoms with Gasteiger partial charge in [0.15, 0.2) is 0 Å². The number of ether oxygens (including phenoxy) is 1. The minimum atomic E-state index is 0.547. The molecule has 0 radical (unpaired) electrons. The number of aryl methyl sites for hydroxylation is 2. The van der Waals surface area contributed by atoms with E-state index >= 15 is 0 Å². The molecule has 2 rings (SSSR count). The van der Waals surface area contributed by atoms with E-state index in [1.807, 2.05) is 35.9 Å². The molecule has 0 aliphatic heterocycles. The number of nitrogens with zero attached hydrogens (tertiary/aromatic N) is 2. The van der Waals surface area contributed by atoms with Gasteiger partial charge in [-0.05, 0) is 38.1 Å². The summed E-state index contributed by atoms with van der Waals surface area (Å²) in [6, 6.07) is 9.90. The fraction of sp³-hybridized carbons (Fsp3) is 0.308. The SMILES string of the molecule is CCn1nc(C)cc1COc1cccc(Br)c1. The van der Waals surface area contributed by atoms with Gasteiger partial charge in [-0.15, -0.1) is 0 Å². The van der Waals surface area contributed by atoms with E-state index in [-0.39, 0.29) is 0 Å². The van der Waals surface area contributed by atoms with Crippen molar-refractivity contribution in [2.24, 2.45) is 0 Å². The standard InChI is InChI=1S/C13H15BrN2O/c1-3-16-12(7-10(2)15-16)9-17-13-6-4-5-11(14)8-13/h4-8H,3,9H2,1-2H3. The van der Waals surface area contributed by atoms with Crippen LogP contribution in [0.2, 0.25) is 0 Å². The Balaban J connectivity index is 2.06. The van der Waals surface area contributed by atoms with Crippen LogP contribution in [0.1, 0.15) is 18.3 Å². The molecule has 1 aromatic heterocycles. The number of aromatic nitrogens is 2. The largest absolute Gasteiger partial charge is 0.487 e. The number of hydrogen-bond donors (Lipinski definition) is 0. The third kappa shape index (κ3) is 3.09. The summed E-state index contributed by atoms with van der Waals surface area (Å²) in [4.78, 5) is 0. The highest BCUT2D eigenvalue weighted by Crippen LogP contribution is 2.19. The Hall–Kier alpha value is -1.29. The molecule has 0 bridgehead atoms. The minimum absolute atomic E-state index is 0.547. The summed E-state index contributed by atoms with van der Waals surface area (Å²) >= 11 is 3.42. The Morgan fingerprint density at radius 3 is 2.88 bits per heavy atom. The maximum absolute atomic E-state index is 5.74. The monoisotopic (exact) mass is 294 g/mol. The molecule has 0 amide bonds. The molecule has 1 aromatic carbocycles. The van der Waals surface area contributed by atoms with Crippen molar-refractivity contribution in [3.63, 3.8) is 0 Å². The lowest BCUT2D eigenvalue weighted by atomic mass is 10.3. The summed E-state index contributed by atoms with van der Waals surface area (Å²) in [5.41, 5.74) is 2.13. The first kappa shape index (κ1) is 12.2. The average Bonchev–Trinajstić information content (AvgIpc) is 2.67. The Morgan fingerprint density at radius 1 is 1.35 bits per heavy atom. The van der Waals surface area contributed by atoms with Crippen molar-refractivity contribution in [3.05, 3.63) is 46.2 Å². The minimum Gasteiger partial charge on any atom is -0.487 e. The van der Waals surface area contributed by atoms with E-state index in [0.29, 0.717) is 6.61 Å². The van der Waals surface area contributed by atoms with Gasteiger partial charge < -0.3 is 4.74 Å². The molecule has 0 unspecified atom stereocenters. The van der Waals surface area contributed by atoms with Crippen molar-refractivity contribution in [1.82, 2.24) is 9.78 Å². The first-order chi connectivity index (χ1) is 8.19. The van der Waals surface area contributed by atoms with Crippen LogP contribution in [0.15, 0.2) is 34.8 Å².